The monoisotopic (exact) mass is 1060 g/mol. The molecule has 4 aromatic carbocycles. The summed E-state index contributed by atoms with van der Waals surface area (Å²) in [7, 11) is 0.205. The number of esters is 1. The van der Waals surface area contributed by atoms with E-state index >= 15 is 8.78 Å². The highest BCUT2D eigenvalue weighted by atomic mass is 32.2. The summed E-state index contributed by atoms with van der Waals surface area (Å²) in [6, 6.07) is 28.7. The van der Waals surface area contributed by atoms with Crippen molar-refractivity contribution in [2.24, 2.45) is 0 Å². The lowest BCUT2D eigenvalue weighted by atomic mass is 9.80. The number of ether oxygens (including phenoxy) is 4. The van der Waals surface area contributed by atoms with Crippen molar-refractivity contribution in [2.75, 3.05) is 33.1 Å². The van der Waals surface area contributed by atoms with Crippen LogP contribution in [0.1, 0.15) is 93.2 Å². The number of fused-ring (bicyclic) bond motifs is 1. The molecule has 5 N–H and O–H groups in total. The number of nitrogens with one attached hydrogen (secondary N) is 5. The third kappa shape index (κ3) is 13.3. The van der Waals surface area contributed by atoms with E-state index in [4.69, 9.17) is 23.4 Å². The molecule has 5 amide bonds. The van der Waals surface area contributed by atoms with Gasteiger partial charge in [0.25, 0.3) is 0 Å². The fourth-order valence-electron chi connectivity index (χ4n) is 9.34. The number of methoxy groups -OCH3 is 1. The number of thioether (sulfide) groups is 1. The maximum absolute atomic E-state index is 16.6. The van der Waals surface area contributed by atoms with Gasteiger partial charge in [-0.15, -0.1) is 0 Å². The topological polar surface area (TPSA) is 192 Å². The molecule has 3 aliphatic rings. The van der Waals surface area contributed by atoms with Gasteiger partial charge in [-0.05, 0) is 65.9 Å². The van der Waals surface area contributed by atoms with E-state index in [-0.39, 0.29) is 85.3 Å². The predicted octanol–water partition coefficient (Wildman–Crippen LogP) is 7.71. The highest BCUT2D eigenvalue weighted by Crippen LogP contribution is 2.47. The quantitative estimate of drug-likeness (QED) is 0.0161. The fraction of sp³-hybridized carbons (Fsp3) is 0.473. The van der Waals surface area contributed by atoms with Gasteiger partial charge < -0.3 is 50.0 Å². The molecule has 15 nitrogen and oxygen atoms in total. The van der Waals surface area contributed by atoms with Crippen LogP contribution >= 0.6 is 11.8 Å². The van der Waals surface area contributed by atoms with Crippen molar-refractivity contribution in [3.8, 4) is 5.75 Å². The van der Waals surface area contributed by atoms with Gasteiger partial charge >= 0.3 is 12.0 Å². The standard InChI is InChI=1S/C55H69F2N5O10SSi/c1-54(2,3)74(6,7)72-52-50(39-28-34(40(56)29-41(39)57)30-59-47(65)31-60-46(64)21-15-14-20-44-49-42(33-73-44)61-53(67)62-49)70-43(51(52)71-48(66)27-26-45(63)58-4)32-69-55(35-16-10-8-11-17-35,36-18-12-9-13-19-36)37-22-24-38(68-5)25-23-37/h8-13,16-19,22-25,28-29,42-44,49-52H,14-15,20-21,26-27,30-33H2,1-7H3,(H,58,63)(H,59,65)(H,60,64)(H2,61,62,67)/t42-,43-,44+,49+,50-,51?,52-/m1/s1. The zero-order chi connectivity index (χ0) is 53.2. The van der Waals surface area contributed by atoms with E-state index in [0.717, 1.165) is 41.4 Å². The molecule has 74 heavy (non-hydrogen) atoms. The van der Waals surface area contributed by atoms with Crippen LogP contribution in [0, 0.1) is 11.6 Å². The molecule has 0 radical (unpaired) electrons. The zero-order valence-corrected chi connectivity index (χ0v) is 44.9. The molecule has 0 spiro atoms. The smallest absolute Gasteiger partial charge is 0.315 e. The minimum Gasteiger partial charge on any atom is -0.497 e. The molecule has 4 aromatic rings. The number of carbonyl (C=O) groups excluding carboxylic acids is 5. The largest absolute Gasteiger partial charge is 0.497 e. The van der Waals surface area contributed by atoms with Gasteiger partial charge in [0.15, 0.2) is 14.4 Å². The van der Waals surface area contributed by atoms with E-state index < -0.39 is 66.9 Å². The molecule has 3 saturated heterocycles. The Bertz CT molecular complexity index is 2550. The van der Waals surface area contributed by atoms with Gasteiger partial charge in [0.05, 0.1) is 38.8 Å². The average Bonchev–Trinajstić information content (AvgIpc) is 4.05. The van der Waals surface area contributed by atoms with E-state index in [0.29, 0.717) is 12.2 Å². The summed E-state index contributed by atoms with van der Waals surface area (Å²) >= 11 is 1.80. The maximum Gasteiger partial charge on any atom is 0.315 e. The Morgan fingerprint density at radius 3 is 2.09 bits per heavy atom. The molecule has 0 aromatic heterocycles. The van der Waals surface area contributed by atoms with Crippen LogP contribution in [0.2, 0.25) is 18.1 Å². The van der Waals surface area contributed by atoms with Gasteiger partial charge in [-0.25, -0.2) is 13.6 Å². The summed E-state index contributed by atoms with van der Waals surface area (Å²) in [6.45, 7) is 9.12. The number of hydrogen-bond acceptors (Lipinski definition) is 11. The minimum absolute atomic E-state index is 0.0677. The number of benzene rings is 4. The van der Waals surface area contributed by atoms with E-state index in [1.54, 1.807) is 18.9 Å². The Balaban J connectivity index is 1.15. The summed E-state index contributed by atoms with van der Waals surface area (Å²) in [5.41, 5.74) is 0.804. The van der Waals surface area contributed by atoms with Crippen LogP contribution in [-0.4, -0.2) is 107 Å². The SMILES string of the molecule is CNC(=O)CCC(=O)OC1[C@@H](COC(c2ccccc2)(c2ccccc2)c2ccc(OC)cc2)O[C@H](c2cc(CNC(=O)CNC(=O)CCCC[C@@H]3SC[C@H]4NC(=O)N[C@H]34)c(F)cc2F)[C@H]1O[Si](C)(C)C(C)(C)C. The molecule has 0 bridgehead atoms. The van der Waals surface area contributed by atoms with Crippen LogP contribution in [-0.2, 0) is 50.0 Å². The van der Waals surface area contributed by atoms with E-state index in [1.807, 2.05) is 119 Å². The Labute approximate surface area is 437 Å². The summed E-state index contributed by atoms with van der Waals surface area (Å²) in [4.78, 5) is 63.7. The number of rotatable bonds is 23. The van der Waals surface area contributed by atoms with Crippen LogP contribution in [0.25, 0.3) is 0 Å². The van der Waals surface area contributed by atoms with E-state index in [1.165, 1.54) is 13.1 Å². The lowest BCUT2D eigenvalue weighted by molar-refractivity contribution is -0.159. The normalized spacial score (nSPS) is 21.5. The van der Waals surface area contributed by atoms with Crippen LogP contribution < -0.4 is 31.3 Å². The first kappa shape index (κ1) is 55.9. The molecule has 19 heteroatoms. The molecule has 3 aliphatic heterocycles. The number of amides is 5. The molecule has 3 heterocycles. The molecular weight excluding hydrogens is 989 g/mol. The highest BCUT2D eigenvalue weighted by molar-refractivity contribution is 8.00. The van der Waals surface area contributed by atoms with Crippen molar-refractivity contribution in [1.29, 1.82) is 0 Å². The van der Waals surface area contributed by atoms with E-state index in [9.17, 15) is 24.0 Å². The lowest BCUT2D eigenvalue weighted by Gasteiger charge is -2.40. The van der Waals surface area contributed by atoms with Crippen LogP contribution in [0.4, 0.5) is 13.6 Å². The third-order valence-corrected chi connectivity index (χ3v) is 20.4. The van der Waals surface area contributed by atoms with Crippen LogP contribution in [0.3, 0.4) is 0 Å². The Morgan fingerprint density at radius 2 is 1.46 bits per heavy atom. The Hall–Kier alpha value is -5.86. The Morgan fingerprint density at radius 1 is 0.797 bits per heavy atom. The number of carbonyl (C=O) groups is 5. The molecule has 398 valence electrons. The van der Waals surface area contributed by atoms with Gasteiger partial charge in [-0.3, -0.25) is 19.2 Å². The molecule has 7 atom stereocenters. The predicted molar refractivity (Wildman–Crippen MR) is 280 cm³/mol. The summed E-state index contributed by atoms with van der Waals surface area (Å²) < 4.78 is 65.4. The second-order valence-corrected chi connectivity index (χ2v) is 26.4. The van der Waals surface area contributed by atoms with Gasteiger partial charge in [-0.2, -0.15) is 11.8 Å². The van der Waals surface area contributed by atoms with Crippen molar-refractivity contribution in [1.82, 2.24) is 26.6 Å². The maximum atomic E-state index is 16.6. The van der Waals surface area contributed by atoms with Crippen molar-refractivity contribution in [2.45, 2.75) is 131 Å². The van der Waals surface area contributed by atoms with Gasteiger partial charge in [0, 0.05) is 54.6 Å². The molecule has 1 unspecified atom stereocenters. The number of halogens is 2. The van der Waals surface area contributed by atoms with Crippen LogP contribution in [0.5, 0.6) is 5.75 Å². The molecule has 3 fully saturated rings. The van der Waals surface area contributed by atoms with Gasteiger partial charge in [0.1, 0.15) is 41.3 Å². The molecule has 0 aliphatic carbocycles. The lowest BCUT2D eigenvalue weighted by Crippen LogP contribution is -2.50. The van der Waals surface area contributed by atoms with Crippen molar-refractivity contribution < 1.29 is 56.1 Å². The molecule has 0 saturated carbocycles. The summed E-state index contributed by atoms with van der Waals surface area (Å²) in [5.74, 6) is -2.40. The van der Waals surface area contributed by atoms with Crippen molar-refractivity contribution in [3.05, 3.63) is 137 Å². The van der Waals surface area contributed by atoms with Crippen molar-refractivity contribution >= 4 is 49.8 Å². The fourth-order valence-corrected chi connectivity index (χ4v) is 12.2. The highest BCUT2D eigenvalue weighted by Gasteiger charge is 2.54. The average molecular weight is 1060 g/mol. The van der Waals surface area contributed by atoms with Crippen molar-refractivity contribution in [3.63, 3.8) is 0 Å². The van der Waals surface area contributed by atoms with Gasteiger partial charge in [0.2, 0.25) is 17.7 Å². The first-order chi connectivity index (χ1) is 35.3. The number of urea groups is 1. The first-order valence-corrected chi connectivity index (χ1v) is 29.1. The molecular formula is C55H69F2N5O10SSi. The number of hydrogen-bond donors (Lipinski definition) is 5. The first-order valence-electron chi connectivity index (χ1n) is 25.2. The molecule has 7 rings (SSSR count). The summed E-state index contributed by atoms with van der Waals surface area (Å²) in [6.07, 6.45) is -2.83. The Kier molecular flexibility index (Phi) is 18.6. The second kappa shape index (κ2) is 24.7. The number of unbranched alkanes of at least 4 members (excludes halogenated alkanes) is 1. The summed E-state index contributed by atoms with van der Waals surface area (Å²) in [5, 5.41) is 13.5. The minimum atomic E-state index is -2.84. The van der Waals surface area contributed by atoms with E-state index in [2.05, 4.69) is 26.6 Å². The van der Waals surface area contributed by atoms with Crippen LogP contribution in [0.15, 0.2) is 97.1 Å². The van der Waals surface area contributed by atoms with Gasteiger partial charge in [-0.1, -0.05) is 100.0 Å². The zero-order valence-electron chi connectivity index (χ0n) is 43.1. The third-order valence-electron chi connectivity index (χ3n) is 14.4. The second-order valence-electron chi connectivity index (χ2n) is 20.4.